The van der Waals surface area contributed by atoms with Crippen LogP contribution in [0.1, 0.15) is 20.3 Å². The van der Waals surface area contributed by atoms with Gasteiger partial charge >= 0.3 is 10.1 Å². The molecule has 0 amide bonds. The second-order valence-corrected chi connectivity index (χ2v) is 6.21. The normalized spacial score (nSPS) is 11.6. The molecule has 0 bridgehead atoms. The third kappa shape index (κ3) is 4.46. The van der Waals surface area contributed by atoms with Crippen LogP contribution in [0.2, 0.25) is 0 Å². The van der Waals surface area contributed by atoms with E-state index in [1.807, 2.05) is 13.8 Å². The van der Waals surface area contributed by atoms with Gasteiger partial charge in [-0.3, -0.25) is 24.4 Å². The fraction of sp³-hybridized carbons (Fsp3) is 0.455. The van der Waals surface area contributed by atoms with E-state index in [9.17, 15) is 28.6 Å². The van der Waals surface area contributed by atoms with Crippen LogP contribution >= 0.6 is 0 Å². The summed E-state index contributed by atoms with van der Waals surface area (Å²) < 4.78 is 28.6. The Morgan fingerprint density at radius 3 is 2.29 bits per heavy atom. The summed E-state index contributed by atoms with van der Waals surface area (Å²) in [5, 5.41) is 21.5. The Morgan fingerprint density at radius 1 is 1.19 bits per heavy atom. The lowest BCUT2D eigenvalue weighted by Crippen LogP contribution is -2.11. The van der Waals surface area contributed by atoms with Crippen LogP contribution in [0.4, 0.5) is 11.4 Å². The van der Waals surface area contributed by atoms with E-state index in [1.165, 1.54) is 0 Å². The highest BCUT2D eigenvalue weighted by atomic mass is 32.2. The molecule has 1 aromatic carbocycles. The number of hydrogen-bond acceptors (Lipinski definition) is 7. The van der Waals surface area contributed by atoms with Crippen LogP contribution in [0.25, 0.3) is 0 Å². The van der Waals surface area contributed by atoms with Gasteiger partial charge in [-0.2, -0.15) is 8.42 Å². The van der Waals surface area contributed by atoms with Crippen LogP contribution in [0, 0.1) is 26.1 Å². The fourth-order valence-electron chi connectivity index (χ4n) is 1.43. The third-order valence-electron chi connectivity index (χ3n) is 2.55. The molecule has 0 fully saturated rings. The van der Waals surface area contributed by atoms with Gasteiger partial charge in [0.1, 0.15) is 0 Å². The van der Waals surface area contributed by atoms with Crippen molar-refractivity contribution in [3.63, 3.8) is 0 Å². The lowest BCUT2D eigenvalue weighted by molar-refractivity contribution is -0.396. The standard InChI is InChI=1S/C11H14N2O7S/c1-8(2)5-6-20-21(18,19)11-4-3-9(12(14)15)7-10(11)13(16)17/h3-4,7-8H,5-6H2,1-2H3. The van der Waals surface area contributed by atoms with Gasteiger partial charge in [-0.25, -0.2) is 0 Å². The van der Waals surface area contributed by atoms with E-state index in [4.69, 9.17) is 4.18 Å². The highest BCUT2D eigenvalue weighted by molar-refractivity contribution is 7.87. The summed E-state index contributed by atoms with van der Waals surface area (Å²) in [7, 11) is -4.34. The van der Waals surface area contributed by atoms with Crippen molar-refractivity contribution in [1.82, 2.24) is 0 Å². The summed E-state index contributed by atoms with van der Waals surface area (Å²) >= 11 is 0. The van der Waals surface area contributed by atoms with Crippen molar-refractivity contribution in [3.8, 4) is 0 Å². The Bertz CT molecular complexity index is 655. The molecule has 0 aromatic heterocycles. The number of nitrogens with zero attached hydrogens (tertiary/aromatic N) is 2. The van der Waals surface area contributed by atoms with E-state index in [0.29, 0.717) is 12.5 Å². The number of non-ortho nitro benzene ring substituents is 1. The summed E-state index contributed by atoms with van der Waals surface area (Å²) in [6, 6.07) is 2.28. The fourth-order valence-corrected chi connectivity index (χ4v) is 2.50. The molecule has 0 unspecified atom stereocenters. The van der Waals surface area contributed by atoms with Crippen molar-refractivity contribution in [2.45, 2.75) is 25.2 Å². The summed E-state index contributed by atoms with van der Waals surface area (Å²) in [5.74, 6) is 0.201. The minimum Gasteiger partial charge on any atom is -0.266 e. The number of nitro groups is 2. The minimum absolute atomic E-state index is 0.117. The van der Waals surface area contributed by atoms with Gasteiger partial charge in [-0.1, -0.05) is 13.8 Å². The molecule has 1 aromatic rings. The largest absolute Gasteiger partial charge is 0.303 e. The summed E-state index contributed by atoms with van der Waals surface area (Å²) in [6.07, 6.45) is 0.458. The molecule has 9 nitrogen and oxygen atoms in total. The van der Waals surface area contributed by atoms with E-state index < -0.39 is 36.2 Å². The van der Waals surface area contributed by atoms with Gasteiger partial charge in [-0.05, 0) is 18.4 Å². The maximum absolute atomic E-state index is 11.9. The van der Waals surface area contributed by atoms with Gasteiger partial charge < -0.3 is 0 Å². The Hall–Kier alpha value is -2.07. The molecule has 0 saturated carbocycles. The van der Waals surface area contributed by atoms with Crippen LogP contribution in [-0.4, -0.2) is 24.9 Å². The summed E-state index contributed by atoms with van der Waals surface area (Å²) in [6.45, 7) is 3.61. The van der Waals surface area contributed by atoms with Crippen molar-refractivity contribution in [2.24, 2.45) is 5.92 Å². The summed E-state index contributed by atoms with van der Waals surface area (Å²) in [5.41, 5.74) is -1.45. The molecule has 10 heteroatoms. The predicted octanol–water partition coefficient (Wildman–Crippen LogP) is 2.25. The molecule has 21 heavy (non-hydrogen) atoms. The molecule has 0 radical (unpaired) electrons. The maximum Gasteiger partial charge on any atom is 0.303 e. The van der Waals surface area contributed by atoms with Crippen LogP contribution < -0.4 is 0 Å². The van der Waals surface area contributed by atoms with Crippen LogP contribution in [0.5, 0.6) is 0 Å². The SMILES string of the molecule is CC(C)CCOS(=O)(=O)c1ccc([N+](=O)[O-])cc1[N+](=O)[O-]. The first-order valence-electron chi connectivity index (χ1n) is 5.97. The Morgan fingerprint density at radius 2 is 1.81 bits per heavy atom. The maximum atomic E-state index is 11.9. The predicted molar refractivity (Wildman–Crippen MR) is 72.3 cm³/mol. The van der Waals surface area contributed by atoms with Crippen LogP contribution in [0.3, 0.4) is 0 Å². The van der Waals surface area contributed by atoms with Crippen molar-refractivity contribution >= 4 is 21.5 Å². The lowest BCUT2D eigenvalue weighted by atomic mass is 10.2. The average Bonchev–Trinajstić information content (AvgIpc) is 2.37. The number of nitro benzene ring substituents is 2. The molecule has 0 aliphatic carbocycles. The van der Waals surface area contributed by atoms with E-state index in [2.05, 4.69) is 0 Å². The van der Waals surface area contributed by atoms with Gasteiger partial charge in [0.25, 0.3) is 11.4 Å². The Balaban J connectivity index is 3.16. The Labute approximate surface area is 121 Å². The quantitative estimate of drug-likeness (QED) is 0.428. The third-order valence-corrected chi connectivity index (χ3v) is 3.91. The zero-order valence-corrected chi connectivity index (χ0v) is 12.2. The molecule has 0 heterocycles. The molecule has 0 saturated heterocycles. The van der Waals surface area contributed by atoms with E-state index >= 15 is 0 Å². The molecular formula is C11H14N2O7S. The summed E-state index contributed by atoms with van der Waals surface area (Å²) in [4.78, 5) is 18.9. The van der Waals surface area contributed by atoms with Gasteiger partial charge in [-0.15, -0.1) is 0 Å². The molecule has 116 valence electrons. The van der Waals surface area contributed by atoms with Crippen molar-refractivity contribution in [3.05, 3.63) is 38.4 Å². The smallest absolute Gasteiger partial charge is 0.266 e. The van der Waals surface area contributed by atoms with E-state index in [1.54, 1.807) is 0 Å². The first-order chi connectivity index (χ1) is 9.65. The first-order valence-corrected chi connectivity index (χ1v) is 7.38. The van der Waals surface area contributed by atoms with E-state index in [-0.39, 0.29) is 12.5 Å². The first kappa shape index (κ1) is 17.0. The zero-order chi connectivity index (χ0) is 16.2. The molecule has 0 N–H and O–H groups in total. The molecule has 0 aliphatic rings. The average molecular weight is 318 g/mol. The zero-order valence-electron chi connectivity index (χ0n) is 11.4. The van der Waals surface area contributed by atoms with Crippen molar-refractivity contribution < 1.29 is 22.4 Å². The van der Waals surface area contributed by atoms with Gasteiger partial charge in [0, 0.05) is 6.07 Å². The molecule has 0 atom stereocenters. The molecule has 0 spiro atoms. The monoisotopic (exact) mass is 318 g/mol. The van der Waals surface area contributed by atoms with Crippen molar-refractivity contribution in [2.75, 3.05) is 6.61 Å². The van der Waals surface area contributed by atoms with Crippen LogP contribution in [-0.2, 0) is 14.3 Å². The number of rotatable bonds is 7. The minimum atomic E-state index is -4.34. The van der Waals surface area contributed by atoms with Crippen LogP contribution in [0.15, 0.2) is 23.1 Å². The lowest BCUT2D eigenvalue weighted by Gasteiger charge is -2.07. The molecule has 0 aliphatic heterocycles. The highest BCUT2D eigenvalue weighted by Crippen LogP contribution is 2.29. The number of benzene rings is 1. The second-order valence-electron chi connectivity index (χ2n) is 4.62. The van der Waals surface area contributed by atoms with Gasteiger partial charge in [0.2, 0.25) is 0 Å². The molecule has 1 rings (SSSR count). The van der Waals surface area contributed by atoms with Crippen molar-refractivity contribution in [1.29, 1.82) is 0 Å². The second kappa shape index (κ2) is 6.59. The van der Waals surface area contributed by atoms with E-state index in [0.717, 1.165) is 12.1 Å². The molecular weight excluding hydrogens is 304 g/mol. The Kier molecular flexibility index (Phi) is 5.33. The highest BCUT2D eigenvalue weighted by Gasteiger charge is 2.29. The van der Waals surface area contributed by atoms with Gasteiger partial charge in [0.15, 0.2) is 4.90 Å². The van der Waals surface area contributed by atoms with Gasteiger partial charge in [0.05, 0.1) is 22.5 Å². The number of hydrogen-bond donors (Lipinski definition) is 0. The topological polar surface area (TPSA) is 130 Å².